The smallest absolute Gasteiger partial charge is 0.258 e. The molecule has 2 aliphatic rings. The first-order valence-corrected chi connectivity index (χ1v) is 14.2. The lowest BCUT2D eigenvalue weighted by atomic mass is 9.91. The van der Waals surface area contributed by atoms with Gasteiger partial charge in [0.05, 0.1) is 12.6 Å². The van der Waals surface area contributed by atoms with Gasteiger partial charge >= 0.3 is 0 Å². The predicted molar refractivity (Wildman–Crippen MR) is 150 cm³/mol. The van der Waals surface area contributed by atoms with Crippen LogP contribution in [-0.4, -0.2) is 71.9 Å². The molecular formula is C28H37ClN8O. The van der Waals surface area contributed by atoms with E-state index in [2.05, 4.69) is 71.3 Å². The number of anilines is 1. The van der Waals surface area contributed by atoms with Crippen LogP contribution in [-0.2, 0) is 11.3 Å². The molecule has 0 radical (unpaired) electrons. The average Bonchev–Trinajstić information content (AvgIpc) is 3.63. The van der Waals surface area contributed by atoms with Crippen LogP contribution in [0, 0.1) is 12.8 Å². The highest BCUT2D eigenvalue weighted by Crippen LogP contribution is 2.36. The number of hydrogen-bond acceptors (Lipinski definition) is 7. The van der Waals surface area contributed by atoms with Crippen LogP contribution in [0.1, 0.15) is 58.0 Å². The normalized spacial score (nSPS) is 23.8. The highest BCUT2D eigenvalue weighted by Gasteiger charge is 2.37. The van der Waals surface area contributed by atoms with E-state index in [1.807, 2.05) is 16.5 Å². The first kappa shape index (κ1) is 25.5. The Morgan fingerprint density at radius 2 is 1.87 bits per heavy atom. The lowest BCUT2D eigenvalue weighted by molar-refractivity contribution is 0.0822. The van der Waals surface area contributed by atoms with Crippen LogP contribution in [0.3, 0.4) is 0 Å². The van der Waals surface area contributed by atoms with Crippen molar-refractivity contribution in [2.45, 2.75) is 78.2 Å². The Balaban J connectivity index is 1.37. The highest BCUT2D eigenvalue weighted by molar-refractivity contribution is 6.30. The van der Waals surface area contributed by atoms with Crippen LogP contribution < -0.4 is 4.90 Å². The zero-order valence-corrected chi connectivity index (χ0v) is 23.6. The van der Waals surface area contributed by atoms with Crippen molar-refractivity contribution < 1.29 is 4.74 Å². The molecule has 4 aromatic rings. The van der Waals surface area contributed by atoms with Gasteiger partial charge in [0, 0.05) is 42.8 Å². The van der Waals surface area contributed by atoms with E-state index in [0.717, 1.165) is 66.9 Å². The third-order valence-corrected chi connectivity index (χ3v) is 8.48. The van der Waals surface area contributed by atoms with Gasteiger partial charge in [-0.1, -0.05) is 37.6 Å². The third kappa shape index (κ3) is 4.44. The van der Waals surface area contributed by atoms with E-state index in [0.29, 0.717) is 23.8 Å². The second-order valence-corrected chi connectivity index (χ2v) is 11.7. The molecule has 38 heavy (non-hydrogen) atoms. The Morgan fingerprint density at radius 1 is 1.08 bits per heavy atom. The van der Waals surface area contributed by atoms with Gasteiger partial charge in [-0.2, -0.15) is 4.98 Å². The van der Waals surface area contributed by atoms with Crippen LogP contribution >= 0.6 is 11.6 Å². The van der Waals surface area contributed by atoms with Crippen LogP contribution in [0.2, 0.25) is 5.02 Å². The number of halogens is 1. The molecule has 6 rings (SSSR count). The Kier molecular flexibility index (Phi) is 6.78. The summed E-state index contributed by atoms with van der Waals surface area (Å²) in [5.74, 6) is 2.91. The Bertz CT molecular complexity index is 1420. The van der Waals surface area contributed by atoms with E-state index < -0.39 is 0 Å². The number of nitrogens with zero attached hydrogens (tertiary/aromatic N) is 8. The molecule has 9 nitrogen and oxygen atoms in total. The van der Waals surface area contributed by atoms with Gasteiger partial charge in [-0.15, -0.1) is 10.2 Å². The number of ether oxygens (including phenoxy) is 1. The van der Waals surface area contributed by atoms with E-state index in [9.17, 15) is 0 Å². The summed E-state index contributed by atoms with van der Waals surface area (Å²) in [7, 11) is 0. The quantitative estimate of drug-likeness (QED) is 0.346. The van der Waals surface area contributed by atoms with Crippen LogP contribution in [0.5, 0.6) is 0 Å². The number of benzene rings is 1. The zero-order chi connectivity index (χ0) is 26.6. The molecule has 10 heteroatoms. The van der Waals surface area contributed by atoms with E-state index in [1.54, 1.807) is 6.33 Å². The van der Waals surface area contributed by atoms with Crippen molar-refractivity contribution in [2.75, 3.05) is 24.6 Å². The first-order valence-electron chi connectivity index (χ1n) is 13.8. The van der Waals surface area contributed by atoms with Gasteiger partial charge < -0.3 is 14.2 Å². The van der Waals surface area contributed by atoms with Gasteiger partial charge in [-0.05, 0) is 57.2 Å². The molecule has 0 amide bonds. The van der Waals surface area contributed by atoms with Gasteiger partial charge in [0.2, 0.25) is 0 Å². The van der Waals surface area contributed by atoms with Crippen LogP contribution in [0.4, 0.5) is 5.82 Å². The number of fused-ring (bicyclic) bond motifs is 3. The molecule has 0 spiro atoms. The Labute approximate surface area is 228 Å². The summed E-state index contributed by atoms with van der Waals surface area (Å²) in [6.45, 7) is 14.7. The molecular weight excluding hydrogens is 500 g/mol. The van der Waals surface area contributed by atoms with E-state index >= 15 is 0 Å². The fraction of sp³-hybridized carbons (Fsp3) is 0.571. The molecule has 0 N–H and O–H groups in total. The largest absolute Gasteiger partial charge is 0.376 e. The minimum atomic E-state index is 0.206. The second kappa shape index (κ2) is 10.1. The van der Waals surface area contributed by atoms with Crippen molar-refractivity contribution in [3.8, 4) is 0 Å². The summed E-state index contributed by atoms with van der Waals surface area (Å²) in [4.78, 5) is 15.1. The summed E-state index contributed by atoms with van der Waals surface area (Å²) in [6.07, 6.45) is 4.13. The summed E-state index contributed by atoms with van der Waals surface area (Å²) >= 11 is 6.21. The molecule has 202 valence electrons. The molecule has 5 heterocycles. The lowest BCUT2D eigenvalue weighted by Crippen LogP contribution is -2.58. The average molecular weight is 537 g/mol. The molecule has 3 aromatic heterocycles. The molecule has 2 fully saturated rings. The van der Waals surface area contributed by atoms with Crippen molar-refractivity contribution in [2.24, 2.45) is 5.92 Å². The molecule has 0 unspecified atom stereocenters. The van der Waals surface area contributed by atoms with Crippen molar-refractivity contribution in [1.29, 1.82) is 0 Å². The third-order valence-electron chi connectivity index (χ3n) is 8.22. The van der Waals surface area contributed by atoms with Crippen molar-refractivity contribution in [3.05, 3.63) is 47.0 Å². The molecule has 2 saturated heterocycles. The van der Waals surface area contributed by atoms with E-state index in [1.165, 1.54) is 5.56 Å². The van der Waals surface area contributed by atoms with Crippen molar-refractivity contribution in [1.82, 2.24) is 34.0 Å². The molecule has 0 bridgehead atoms. The number of piperazine rings is 1. The van der Waals surface area contributed by atoms with E-state index in [4.69, 9.17) is 26.3 Å². The minimum Gasteiger partial charge on any atom is -0.376 e. The summed E-state index contributed by atoms with van der Waals surface area (Å²) in [6, 6.07) is 9.21. The van der Waals surface area contributed by atoms with Gasteiger partial charge in [0.15, 0.2) is 11.5 Å². The lowest BCUT2D eigenvalue weighted by Gasteiger charge is -2.49. The Morgan fingerprint density at radius 3 is 2.58 bits per heavy atom. The summed E-state index contributed by atoms with van der Waals surface area (Å²) < 4.78 is 10.2. The first-order chi connectivity index (χ1) is 18.3. The number of hydrogen-bond donors (Lipinski definition) is 0. The van der Waals surface area contributed by atoms with Gasteiger partial charge in [0.1, 0.15) is 17.7 Å². The fourth-order valence-electron chi connectivity index (χ4n) is 6.42. The molecule has 2 aliphatic heterocycles. The number of imidazole rings is 1. The Hall–Kier alpha value is -2.75. The second-order valence-electron chi connectivity index (χ2n) is 11.3. The number of aromatic nitrogens is 6. The van der Waals surface area contributed by atoms with Gasteiger partial charge in [-0.25, -0.2) is 9.38 Å². The molecule has 0 saturated carbocycles. The van der Waals surface area contributed by atoms with Crippen LogP contribution in [0.25, 0.3) is 16.9 Å². The van der Waals surface area contributed by atoms with E-state index in [-0.39, 0.29) is 12.1 Å². The summed E-state index contributed by atoms with van der Waals surface area (Å²) in [5, 5.41) is 9.31. The fourth-order valence-corrected chi connectivity index (χ4v) is 6.54. The molecule has 1 aromatic carbocycles. The SMILES string of the molecule is Cc1nc2c(N3C[C@@H](C)N([C@H](c4ccc(Cl)cc4)C(C)C)C[C@@H]3C)nc3nncn3c2n1C[C@@H]1CCCO1. The van der Waals surface area contributed by atoms with Crippen molar-refractivity contribution in [3.63, 3.8) is 0 Å². The van der Waals surface area contributed by atoms with Crippen molar-refractivity contribution >= 4 is 34.4 Å². The maximum Gasteiger partial charge on any atom is 0.258 e. The summed E-state index contributed by atoms with van der Waals surface area (Å²) in [5.41, 5.74) is 3.20. The van der Waals surface area contributed by atoms with Gasteiger partial charge in [0.25, 0.3) is 5.78 Å². The number of aryl methyl sites for hydroxylation is 1. The number of rotatable bonds is 6. The predicted octanol–water partition coefficient (Wildman–Crippen LogP) is 4.91. The minimum absolute atomic E-state index is 0.206. The molecule has 4 atom stereocenters. The monoisotopic (exact) mass is 536 g/mol. The maximum absolute atomic E-state index is 6.21. The maximum atomic E-state index is 6.21. The zero-order valence-electron chi connectivity index (χ0n) is 22.9. The standard InChI is InChI=1S/C28H37ClN8O/c1-17(2)25(21-8-10-22(29)11-9-21)34-13-19(4)35(14-18(34)3)26-24-27(37-16-30-33-28(37)32-26)36(20(5)31-24)15-23-7-6-12-38-23/h8-11,16-19,23,25H,6-7,12-15H2,1-5H3/t18-,19+,23+,25+/m1/s1. The highest BCUT2D eigenvalue weighted by atomic mass is 35.5. The van der Waals surface area contributed by atoms with Gasteiger partial charge in [-0.3, -0.25) is 4.90 Å². The van der Waals surface area contributed by atoms with Crippen LogP contribution in [0.15, 0.2) is 30.6 Å². The molecule has 0 aliphatic carbocycles. The topological polar surface area (TPSA) is 76.6 Å².